The van der Waals surface area contributed by atoms with Gasteiger partial charge in [0.1, 0.15) is 6.04 Å². The van der Waals surface area contributed by atoms with E-state index in [2.05, 4.69) is 16.1 Å². The quantitative estimate of drug-likeness (QED) is 0.639. The molecule has 0 spiro atoms. The van der Waals surface area contributed by atoms with Crippen LogP contribution in [0.25, 0.3) is 0 Å². The van der Waals surface area contributed by atoms with Crippen molar-refractivity contribution >= 4 is 17.8 Å². The van der Waals surface area contributed by atoms with Gasteiger partial charge in [0.25, 0.3) is 5.91 Å². The molecule has 2 aromatic carbocycles. The molecule has 0 unspecified atom stereocenters. The molecule has 136 valence electrons. The molecule has 7 nitrogen and oxygen atoms in total. The van der Waals surface area contributed by atoms with E-state index in [0.717, 1.165) is 5.56 Å². The summed E-state index contributed by atoms with van der Waals surface area (Å²) in [5.41, 5.74) is 3.30. The van der Waals surface area contributed by atoms with Crippen molar-refractivity contribution in [2.75, 3.05) is 13.6 Å². The highest BCUT2D eigenvalue weighted by Crippen LogP contribution is 2.04. The minimum absolute atomic E-state index is 0.0718. The first-order chi connectivity index (χ1) is 12.6. The molecule has 2 rings (SSSR count). The van der Waals surface area contributed by atoms with Crippen LogP contribution in [-0.4, -0.2) is 37.4 Å². The van der Waals surface area contributed by atoms with Crippen LogP contribution in [0.15, 0.2) is 60.7 Å². The van der Waals surface area contributed by atoms with Gasteiger partial charge in [0.15, 0.2) is 0 Å². The lowest BCUT2D eigenvalue weighted by atomic mass is 10.1. The molecule has 3 N–H and O–H groups in total. The van der Waals surface area contributed by atoms with Crippen LogP contribution in [0.3, 0.4) is 0 Å². The summed E-state index contributed by atoms with van der Waals surface area (Å²) < 4.78 is 0. The number of carbonyl (C=O) groups is 3. The normalized spacial score (nSPS) is 11.3. The van der Waals surface area contributed by atoms with Gasteiger partial charge in [0, 0.05) is 6.42 Å². The van der Waals surface area contributed by atoms with Gasteiger partial charge in [-0.3, -0.25) is 9.59 Å². The fourth-order valence-electron chi connectivity index (χ4n) is 2.27. The number of carbonyl (C=O) groups excluding carboxylic acids is 3. The van der Waals surface area contributed by atoms with E-state index in [4.69, 9.17) is 4.84 Å². The minimum atomic E-state index is -0.873. The SMILES string of the molecule is CNCC(=O)N[C@@H](Cc1ccccc1)C(=O)NOC(=O)c1ccccc1. The highest BCUT2D eigenvalue weighted by molar-refractivity contribution is 5.92. The molecule has 0 fully saturated rings. The Hall–Kier alpha value is -3.19. The molecule has 0 radical (unpaired) electrons. The van der Waals surface area contributed by atoms with Gasteiger partial charge in [-0.1, -0.05) is 48.5 Å². The van der Waals surface area contributed by atoms with Gasteiger partial charge in [0.2, 0.25) is 5.91 Å². The van der Waals surface area contributed by atoms with Gasteiger partial charge in [0.05, 0.1) is 12.1 Å². The summed E-state index contributed by atoms with van der Waals surface area (Å²) in [4.78, 5) is 41.0. The second-order valence-electron chi connectivity index (χ2n) is 5.56. The third-order valence-electron chi connectivity index (χ3n) is 3.53. The molecule has 0 saturated carbocycles. The minimum Gasteiger partial charge on any atom is -0.343 e. The molecule has 0 bridgehead atoms. The molecular weight excluding hydrogens is 334 g/mol. The lowest BCUT2D eigenvalue weighted by Crippen LogP contribution is -2.50. The molecule has 0 aliphatic heterocycles. The number of likely N-dealkylation sites (N-methyl/N-ethyl adjacent to an activating group) is 1. The van der Waals surface area contributed by atoms with Crippen molar-refractivity contribution in [3.05, 3.63) is 71.8 Å². The van der Waals surface area contributed by atoms with Gasteiger partial charge < -0.3 is 15.5 Å². The Morgan fingerprint density at radius 1 is 0.962 bits per heavy atom. The maximum absolute atomic E-state index is 12.4. The number of rotatable bonds is 7. The molecule has 0 heterocycles. The van der Waals surface area contributed by atoms with Crippen LogP contribution in [0.5, 0.6) is 0 Å². The van der Waals surface area contributed by atoms with E-state index in [1.165, 1.54) is 0 Å². The van der Waals surface area contributed by atoms with Crippen LogP contribution < -0.4 is 16.1 Å². The van der Waals surface area contributed by atoms with Crippen molar-refractivity contribution in [1.82, 2.24) is 16.1 Å². The number of hydroxylamine groups is 1. The summed E-state index contributed by atoms with van der Waals surface area (Å²) in [6.45, 7) is 0.0718. The van der Waals surface area contributed by atoms with Crippen molar-refractivity contribution in [2.45, 2.75) is 12.5 Å². The Morgan fingerprint density at radius 2 is 1.58 bits per heavy atom. The van der Waals surface area contributed by atoms with Gasteiger partial charge in [-0.25, -0.2) is 4.79 Å². The van der Waals surface area contributed by atoms with Crippen LogP contribution >= 0.6 is 0 Å². The number of amides is 2. The molecule has 0 aliphatic rings. The Morgan fingerprint density at radius 3 is 2.19 bits per heavy atom. The summed E-state index contributed by atoms with van der Waals surface area (Å²) in [5.74, 6) is -1.63. The molecule has 26 heavy (non-hydrogen) atoms. The lowest BCUT2D eigenvalue weighted by molar-refractivity contribution is -0.135. The summed E-state index contributed by atoms with van der Waals surface area (Å²) in [6, 6.07) is 16.7. The molecule has 1 atom stereocenters. The number of nitrogens with one attached hydrogen (secondary N) is 3. The number of hydrogen-bond donors (Lipinski definition) is 3. The largest absolute Gasteiger partial charge is 0.362 e. The molecule has 0 aromatic heterocycles. The highest BCUT2D eigenvalue weighted by atomic mass is 16.7. The first-order valence-electron chi connectivity index (χ1n) is 8.14. The molecule has 0 saturated heterocycles. The lowest BCUT2D eigenvalue weighted by Gasteiger charge is -2.18. The predicted octanol–water partition coefficient (Wildman–Crippen LogP) is 0.821. The van der Waals surface area contributed by atoms with Gasteiger partial charge in [-0.05, 0) is 24.7 Å². The Balaban J connectivity index is 1.99. The van der Waals surface area contributed by atoms with E-state index >= 15 is 0 Å². The average Bonchev–Trinajstić information content (AvgIpc) is 2.67. The second kappa shape index (κ2) is 9.95. The van der Waals surface area contributed by atoms with Crippen LogP contribution in [0.4, 0.5) is 0 Å². The van der Waals surface area contributed by atoms with Crippen molar-refractivity contribution in [2.24, 2.45) is 0 Å². The standard InChI is InChI=1S/C19H21N3O4/c1-20-13-17(23)21-16(12-14-8-4-2-5-9-14)18(24)22-26-19(25)15-10-6-3-7-11-15/h2-11,16,20H,12-13H2,1H3,(H,21,23)(H,22,24)/t16-/m0/s1. The number of hydrogen-bond acceptors (Lipinski definition) is 5. The summed E-state index contributed by atoms with van der Waals surface area (Å²) >= 11 is 0. The Labute approximate surface area is 151 Å². The number of benzene rings is 2. The van der Waals surface area contributed by atoms with E-state index in [-0.39, 0.29) is 18.9 Å². The van der Waals surface area contributed by atoms with E-state index in [1.54, 1.807) is 37.4 Å². The maximum atomic E-state index is 12.4. The molecule has 7 heteroatoms. The summed E-state index contributed by atoms with van der Waals surface area (Å²) in [7, 11) is 1.63. The van der Waals surface area contributed by atoms with Crippen LogP contribution in [0.2, 0.25) is 0 Å². The van der Waals surface area contributed by atoms with Crippen molar-refractivity contribution in [1.29, 1.82) is 0 Å². The van der Waals surface area contributed by atoms with Crippen LogP contribution in [-0.2, 0) is 20.8 Å². The van der Waals surface area contributed by atoms with E-state index in [0.29, 0.717) is 5.56 Å². The fraction of sp³-hybridized carbons (Fsp3) is 0.211. The van der Waals surface area contributed by atoms with Crippen LogP contribution in [0.1, 0.15) is 15.9 Å². The first kappa shape index (κ1) is 19.1. The molecule has 2 amide bonds. The zero-order chi connectivity index (χ0) is 18.8. The van der Waals surface area contributed by atoms with Gasteiger partial charge >= 0.3 is 5.97 Å². The van der Waals surface area contributed by atoms with Crippen molar-refractivity contribution in [3.8, 4) is 0 Å². The molecule has 2 aromatic rings. The molecular formula is C19H21N3O4. The molecule has 0 aliphatic carbocycles. The Kier molecular flexibility index (Phi) is 7.32. The predicted molar refractivity (Wildman–Crippen MR) is 96.0 cm³/mol. The van der Waals surface area contributed by atoms with E-state index in [1.807, 2.05) is 30.3 Å². The fourth-order valence-corrected chi connectivity index (χ4v) is 2.27. The van der Waals surface area contributed by atoms with Crippen molar-refractivity contribution in [3.63, 3.8) is 0 Å². The van der Waals surface area contributed by atoms with Crippen molar-refractivity contribution < 1.29 is 19.2 Å². The monoisotopic (exact) mass is 355 g/mol. The Bertz CT molecular complexity index is 735. The van der Waals surface area contributed by atoms with E-state index in [9.17, 15) is 14.4 Å². The highest BCUT2D eigenvalue weighted by Gasteiger charge is 2.22. The smallest absolute Gasteiger partial charge is 0.343 e. The third kappa shape index (κ3) is 6.03. The zero-order valence-corrected chi connectivity index (χ0v) is 14.4. The van der Waals surface area contributed by atoms with Gasteiger partial charge in [-0.15, -0.1) is 0 Å². The summed E-state index contributed by atoms with van der Waals surface area (Å²) in [5, 5.41) is 5.34. The zero-order valence-electron chi connectivity index (χ0n) is 14.4. The average molecular weight is 355 g/mol. The summed E-state index contributed by atoms with van der Waals surface area (Å²) in [6.07, 6.45) is 0.269. The third-order valence-corrected chi connectivity index (χ3v) is 3.53. The van der Waals surface area contributed by atoms with Crippen LogP contribution in [0, 0.1) is 0 Å². The topological polar surface area (TPSA) is 96.5 Å². The maximum Gasteiger partial charge on any atom is 0.362 e. The van der Waals surface area contributed by atoms with E-state index < -0.39 is 17.9 Å². The van der Waals surface area contributed by atoms with Gasteiger partial charge in [-0.2, -0.15) is 5.48 Å². The first-order valence-corrected chi connectivity index (χ1v) is 8.14. The second-order valence-corrected chi connectivity index (χ2v) is 5.56.